The summed E-state index contributed by atoms with van der Waals surface area (Å²) in [7, 11) is 2.12. The van der Waals surface area contributed by atoms with Crippen molar-refractivity contribution in [3.05, 3.63) is 50.6 Å². The molecule has 0 spiro atoms. The topological polar surface area (TPSA) is 29.3 Å². The number of thiophene rings is 1. The molecule has 1 aromatic heterocycles. The number of halogens is 1. The number of rotatable bonds is 5. The van der Waals surface area contributed by atoms with Crippen molar-refractivity contribution in [1.29, 1.82) is 0 Å². The molecule has 1 heterocycles. The van der Waals surface area contributed by atoms with Crippen molar-refractivity contribution < 1.29 is 0 Å². The van der Waals surface area contributed by atoms with Gasteiger partial charge in [0.2, 0.25) is 0 Å². The Kier molecular flexibility index (Phi) is 4.80. The third-order valence-electron chi connectivity index (χ3n) is 2.93. The van der Waals surface area contributed by atoms with E-state index in [1.54, 1.807) is 0 Å². The molecular weight excluding hydrogens is 308 g/mol. The highest BCUT2D eigenvalue weighted by atomic mass is 79.9. The number of hydrogen-bond acceptors (Lipinski definition) is 3. The third-order valence-corrected chi connectivity index (χ3v) is 4.50. The van der Waals surface area contributed by atoms with E-state index in [2.05, 4.69) is 63.6 Å². The van der Waals surface area contributed by atoms with Gasteiger partial charge in [0.15, 0.2) is 0 Å². The van der Waals surface area contributed by atoms with E-state index in [1.807, 2.05) is 11.3 Å². The fourth-order valence-electron chi connectivity index (χ4n) is 1.84. The Morgan fingerprint density at radius 1 is 1.33 bits per heavy atom. The Balaban J connectivity index is 2.02. The van der Waals surface area contributed by atoms with Crippen molar-refractivity contribution in [2.45, 2.75) is 13.0 Å². The van der Waals surface area contributed by atoms with Crippen LogP contribution in [0.3, 0.4) is 0 Å². The summed E-state index contributed by atoms with van der Waals surface area (Å²) < 4.78 is 1.11. The Morgan fingerprint density at radius 2 is 2.17 bits per heavy atom. The maximum Gasteiger partial charge on any atom is 0.0508 e. The molecule has 0 atom stereocenters. The molecule has 0 radical (unpaired) electrons. The predicted molar refractivity (Wildman–Crippen MR) is 83.3 cm³/mol. The van der Waals surface area contributed by atoms with E-state index in [0.717, 1.165) is 23.0 Å². The minimum absolute atomic E-state index is 0.581. The van der Waals surface area contributed by atoms with E-state index in [0.29, 0.717) is 6.54 Å². The summed E-state index contributed by atoms with van der Waals surface area (Å²) in [6.07, 6.45) is 1.08. The molecule has 1 aromatic carbocycles. The molecule has 0 amide bonds. The molecule has 96 valence electrons. The van der Waals surface area contributed by atoms with Crippen LogP contribution in [0.5, 0.6) is 0 Å². The first-order valence-electron chi connectivity index (χ1n) is 5.92. The fraction of sp³-hybridized carbons (Fsp3) is 0.286. The quantitative estimate of drug-likeness (QED) is 0.909. The first-order chi connectivity index (χ1) is 8.70. The molecule has 0 aliphatic carbocycles. The van der Waals surface area contributed by atoms with Gasteiger partial charge in [-0.1, -0.05) is 12.1 Å². The van der Waals surface area contributed by atoms with Crippen LogP contribution in [0.4, 0.5) is 5.69 Å². The van der Waals surface area contributed by atoms with Crippen molar-refractivity contribution in [1.82, 2.24) is 0 Å². The Bertz CT molecular complexity index is 497. The number of nitrogens with two attached hydrogens (primary N) is 1. The van der Waals surface area contributed by atoms with Gasteiger partial charge in [-0.15, -0.1) is 11.3 Å². The molecule has 0 bridgehead atoms. The summed E-state index contributed by atoms with van der Waals surface area (Å²) >= 11 is 5.43. The molecule has 4 heteroatoms. The molecule has 0 fully saturated rings. The van der Waals surface area contributed by atoms with Gasteiger partial charge >= 0.3 is 0 Å². The molecule has 2 rings (SSSR count). The van der Waals surface area contributed by atoms with Gasteiger partial charge < -0.3 is 10.6 Å². The first-order valence-corrected chi connectivity index (χ1v) is 7.60. The lowest BCUT2D eigenvalue weighted by Gasteiger charge is -2.21. The minimum atomic E-state index is 0.581. The normalized spacial score (nSPS) is 10.6. The Hall–Kier alpha value is -0.840. The lowest BCUT2D eigenvalue weighted by Crippen LogP contribution is -2.20. The largest absolute Gasteiger partial charge is 0.373 e. The van der Waals surface area contributed by atoms with Crippen molar-refractivity contribution in [2.75, 3.05) is 18.5 Å². The summed E-state index contributed by atoms with van der Waals surface area (Å²) in [4.78, 5) is 3.70. The molecule has 0 aliphatic heterocycles. The maximum atomic E-state index is 5.63. The summed E-state index contributed by atoms with van der Waals surface area (Å²) in [6.45, 7) is 1.60. The number of nitrogens with zero attached hydrogens (tertiary/aromatic N) is 1. The highest BCUT2D eigenvalue weighted by Gasteiger charge is 2.06. The van der Waals surface area contributed by atoms with Crippen LogP contribution in [0.2, 0.25) is 0 Å². The Morgan fingerprint density at radius 3 is 2.78 bits per heavy atom. The van der Waals surface area contributed by atoms with Gasteiger partial charge in [0.05, 0.1) is 5.69 Å². The first kappa shape index (κ1) is 13.6. The molecule has 18 heavy (non-hydrogen) atoms. The summed E-state index contributed by atoms with van der Waals surface area (Å²) in [6, 6.07) is 10.6. The SMILES string of the molecule is CN(CCc1cccs1)c1ccc(CN)cc1Br. The van der Waals surface area contributed by atoms with Crippen LogP contribution in [0.1, 0.15) is 10.4 Å². The Labute approximate surface area is 121 Å². The van der Waals surface area contributed by atoms with Crippen LogP contribution >= 0.6 is 27.3 Å². The zero-order valence-electron chi connectivity index (χ0n) is 10.4. The number of benzene rings is 1. The van der Waals surface area contributed by atoms with Gasteiger partial charge in [-0.2, -0.15) is 0 Å². The molecule has 0 saturated carbocycles. The molecule has 2 aromatic rings. The van der Waals surface area contributed by atoms with E-state index in [9.17, 15) is 0 Å². The lowest BCUT2D eigenvalue weighted by atomic mass is 10.2. The van der Waals surface area contributed by atoms with Crippen molar-refractivity contribution in [3.63, 3.8) is 0 Å². The van der Waals surface area contributed by atoms with Gasteiger partial charge in [0.25, 0.3) is 0 Å². The summed E-state index contributed by atoms with van der Waals surface area (Å²) in [5, 5.41) is 2.13. The smallest absolute Gasteiger partial charge is 0.0508 e. The van der Waals surface area contributed by atoms with Crippen molar-refractivity contribution in [2.24, 2.45) is 5.73 Å². The van der Waals surface area contributed by atoms with Crippen LogP contribution in [0, 0.1) is 0 Å². The summed E-state index contributed by atoms with van der Waals surface area (Å²) in [5.41, 5.74) is 8.00. The summed E-state index contributed by atoms with van der Waals surface area (Å²) in [5.74, 6) is 0. The maximum absolute atomic E-state index is 5.63. The van der Waals surface area contributed by atoms with E-state index in [4.69, 9.17) is 5.73 Å². The highest BCUT2D eigenvalue weighted by Crippen LogP contribution is 2.26. The van der Waals surface area contributed by atoms with Gasteiger partial charge in [0, 0.05) is 29.5 Å². The predicted octanol–water partition coefficient (Wildman–Crippen LogP) is 3.65. The van der Waals surface area contributed by atoms with Crippen molar-refractivity contribution in [3.8, 4) is 0 Å². The van der Waals surface area contributed by atoms with E-state index < -0.39 is 0 Å². The van der Waals surface area contributed by atoms with Crippen LogP contribution in [0.15, 0.2) is 40.2 Å². The van der Waals surface area contributed by atoms with Gasteiger partial charge in [-0.25, -0.2) is 0 Å². The third kappa shape index (κ3) is 3.34. The average molecular weight is 325 g/mol. The minimum Gasteiger partial charge on any atom is -0.373 e. The van der Waals surface area contributed by atoms with Crippen LogP contribution in [0.25, 0.3) is 0 Å². The monoisotopic (exact) mass is 324 g/mol. The van der Waals surface area contributed by atoms with Crippen molar-refractivity contribution >= 4 is 33.0 Å². The molecule has 0 saturated heterocycles. The van der Waals surface area contributed by atoms with Gasteiger partial charge in [-0.3, -0.25) is 0 Å². The number of hydrogen-bond donors (Lipinski definition) is 1. The van der Waals surface area contributed by atoms with Gasteiger partial charge in [-0.05, 0) is 51.5 Å². The standard InChI is InChI=1S/C14H17BrN2S/c1-17(7-6-12-3-2-8-18-12)14-5-4-11(10-16)9-13(14)15/h2-5,8-9H,6-7,10,16H2,1H3. The lowest BCUT2D eigenvalue weighted by molar-refractivity contribution is 0.884. The second-order valence-electron chi connectivity index (χ2n) is 4.24. The zero-order valence-corrected chi connectivity index (χ0v) is 12.8. The zero-order chi connectivity index (χ0) is 13.0. The average Bonchev–Trinajstić information content (AvgIpc) is 2.88. The second kappa shape index (κ2) is 6.36. The fourth-order valence-corrected chi connectivity index (χ4v) is 3.27. The van der Waals surface area contributed by atoms with Crippen LogP contribution < -0.4 is 10.6 Å². The number of likely N-dealkylation sites (N-methyl/N-ethyl adjacent to an activating group) is 1. The molecular formula is C14H17BrN2S. The van der Waals surface area contributed by atoms with Crippen LogP contribution in [-0.4, -0.2) is 13.6 Å². The van der Waals surface area contributed by atoms with Gasteiger partial charge in [0.1, 0.15) is 0 Å². The molecule has 2 N–H and O–H groups in total. The second-order valence-corrected chi connectivity index (χ2v) is 6.13. The highest BCUT2D eigenvalue weighted by molar-refractivity contribution is 9.10. The molecule has 0 unspecified atom stereocenters. The molecule has 0 aliphatic rings. The van der Waals surface area contributed by atoms with E-state index >= 15 is 0 Å². The van der Waals surface area contributed by atoms with E-state index in [1.165, 1.54) is 10.6 Å². The molecule has 2 nitrogen and oxygen atoms in total. The van der Waals surface area contributed by atoms with E-state index in [-0.39, 0.29) is 0 Å². The van der Waals surface area contributed by atoms with Crippen LogP contribution in [-0.2, 0) is 13.0 Å². The number of anilines is 1.